The first-order valence-corrected chi connectivity index (χ1v) is 10.6. The Kier molecular flexibility index (Phi) is 5.32. The second-order valence-corrected chi connectivity index (χ2v) is 8.23. The average Bonchev–Trinajstić information content (AvgIpc) is 3.10. The third-order valence-electron chi connectivity index (χ3n) is 4.34. The van der Waals surface area contributed by atoms with Gasteiger partial charge in [-0.3, -0.25) is 9.20 Å². The number of aromatic nitrogens is 5. The van der Waals surface area contributed by atoms with Crippen LogP contribution in [0.2, 0.25) is 0 Å². The van der Waals surface area contributed by atoms with E-state index < -0.39 is 0 Å². The Labute approximate surface area is 174 Å². The summed E-state index contributed by atoms with van der Waals surface area (Å²) >= 11 is 4.91. The lowest BCUT2D eigenvalue weighted by Crippen LogP contribution is -2.15. The first-order valence-electron chi connectivity index (χ1n) is 8.86. The van der Waals surface area contributed by atoms with Crippen molar-refractivity contribution < 1.29 is 0 Å². The summed E-state index contributed by atoms with van der Waals surface area (Å²) in [4.78, 5) is 17.0. The highest BCUT2D eigenvalue weighted by molar-refractivity contribution is 9.10. The van der Waals surface area contributed by atoms with Gasteiger partial charge in [0.25, 0.3) is 5.56 Å². The molecule has 142 valence electrons. The number of pyridine rings is 1. The smallest absolute Gasteiger partial charge is 0.258 e. The number of fused-ring (bicyclic) bond motifs is 1. The van der Waals surface area contributed by atoms with Crippen LogP contribution in [-0.2, 0) is 12.3 Å². The molecule has 3 heterocycles. The van der Waals surface area contributed by atoms with Gasteiger partial charge in [-0.1, -0.05) is 35.5 Å². The van der Waals surface area contributed by atoms with Gasteiger partial charge in [0.05, 0.1) is 5.69 Å². The standard InChI is InChI=1S/C20H18BrN5OS/c1-3-25-19(14-6-4-5-13(2)9-14)23-24-20(25)28-12-16-10-18(27)26-11-15(21)7-8-17(26)22-16/h4-11H,3,12H2,1-2H3. The molecule has 4 rings (SSSR count). The topological polar surface area (TPSA) is 65.1 Å². The number of hydrogen-bond donors (Lipinski definition) is 0. The monoisotopic (exact) mass is 455 g/mol. The van der Waals surface area contributed by atoms with Crippen LogP contribution in [0.15, 0.2) is 63.1 Å². The molecule has 0 saturated carbocycles. The molecule has 0 aliphatic rings. The minimum atomic E-state index is -0.0979. The van der Waals surface area contributed by atoms with Gasteiger partial charge in [0.15, 0.2) is 11.0 Å². The van der Waals surface area contributed by atoms with E-state index in [2.05, 4.69) is 61.7 Å². The van der Waals surface area contributed by atoms with Crippen molar-refractivity contribution in [1.29, 1.82) is 0 Å². The summed E-state index contributed by atoms with van der Waals surface area (Å²) in [5, 5.41) is 9.57. The van der Waals surface area contributed by atoms with Crippen molar-refractivity contribution >= 4 is 33.3 Å². The fourth-order valence-electron chi connectivity index (χ4n) is 3.02. The number of benzene rings is 1. The summed E-state index contributed by atoms with van der Waals surface area (Å²) in [6.45, 7) is 4.90. The zero-order valence-electron chi connectivity index (χ0n) is 15.5. The number of rotatable bonds is 5. The molecule has 0 saturated heterocycles. The average molecular weight is 456 g/mol. The minimum Gasteiger partial charge on any atom is -0.302 e. The van der Waals surface area contributed by atoms with Gasteiger partial charge in [-0.2, -0.15) is 0 Å². The Morgan fingerprint density at radius 3 is 2.79 bits per heavy atom. The van der Waals surface area contributed by atoms with Gasteiger partial charge in [0.2, 0.25) is 0 Å². The van der Waals surface area contributed by atoms with E-state index >= 15 is 0 Å². The predicted octanol–water partition coefficient (Wildman–Crippen LogP) is 4.34. The van der Waals surface area contributed by atoms with Gasteiger partial charge < -0.3 is 4.57 Å². The first kappa shape index (κ1) is 18.9. The van der Waals surface area contributed by atoms with Gasteiger partial charge in [0.1, 0.15) is 5.65 Å². The molecule has 4 aromatic rings. The van der Waals surface area contributed by atoms with Crippen molar-refractivity contribution in [1.82, 2.24) is 24.1 Å². The fraction of sp³-hybridized carbons (Fsp3) is 0.200. The maximum atomic E-state index is 12.4. The van der Waals surface area contributed by atoms with E-state index in [1.54, 1.807) is 12.3 Å². The second-order valence-electron chi connectivity index (χ2n) is 6.37. The molecule has 0 amide bonds. The van der Waals surface area contributed by atoms with Crippen molar-refractivity contribution in [2.45, 2.75) is 31.3 Å². The van der Waals surface area contributed by atoms with E-state index in [9.17, 15) is 4.79 Å². The molecule has 0 radical (unpaired) electrons. The van der Waals surface area contributed by atoms with E-state index in [1.807, 2.05) is 24.3 Å². The van der Waals surface area contributed by atoms with E-state index in [1.165, 1.54) is 21.7 Å². The summed E-state index contributed by atoms with van der Waals surface area (Å²) in [5.41, 5.74) is 3.49. The lowest BCUT2D eigenvalue weighted by atomic mass is 10.1. The molecule has 0 fully saturated rings. The van der Waals surface area contributed by atoms with Gasteiger partial charge >= 0.3 is 0 Å². The van der Waals surface area contributed by atoms with Crippen molar-refractivity contribution in [3.63, 3.8) is 0 Å². The van der Waals surface area contributed by atoms with Gasteiger partial charge in [-0.25, -0.2) is 4.98 Å². The van der Waals surface area contributed by atoms with E-state index in [0.29, 0.717) is 11.4 Å². The maximum Gasteiger partial charge on any atom is 0.258 e. The Morgan fingerprint density at radius 1 is 1.14 bits per heavy atom. The molecule has 0 aliphatic carbocycles. The fourth-order valence-corrected chi connectivity index (χ4v) is 4.25. The van der Waals surface area contributed by atoms with Crippen LogP contribution in [0.1, 0.15) is 18.2 Å². The molecular formula is C20H18BrN5OS. The van der Waals surface area contributed by atoms with Crippen LogP contribution >= 0.6 is 27.7 Å². The van der Waals surface area contributed by atoms with Crippen LogP contribution < -0.4 is 5.56 Å². The number of halogens is 1. The van der Waals surface area contributed by atoms with Crippen molar-refractivity contribution in [3.05, 3.63) is 74.7 Å². The summed E-state index contributed by atoms with van der Waals surface area (Å²) in [7, 11) is 0. The van der Waals surface area contributed by atoms with E-state index in [4.69, 9.17) is 0 Å². The molecular weight excluding hydrogens is 438 g/mol. The van der Waals surface area contributed by atoms with Crippen LogP contribution in [-0.4, -0.2) is 24.1 Å². The minimum absolute atomic E-state index is 0.0979. The van der Waals surface area contributed by atoms with Crippen LogP contribution in [0.5, 0.6) is 0 Å². The van der Waals surface area contributed by atoms with Crippen molar-refractivity contribution in [2.24, 2.45) is 0 Å². The Balaban J connectivity index is 1.61. The lowest BCUT2D eigenvalue weighted by Gasteiger charge is -2.08. The Morgan fingerprint density at radius 2 is 2.00 bits per heavy atom. The molecule has 0 aliphatic heterocycles. The summed E-state index contributed by atoms with van der Waals surface area (Å²) < 4.78 is 4.46. The summed E-state index contributed by atoms with van der Waals surface area (Å²) in [5.74, 6) is 1.40. The quantitative estimate of drug-likeness (QED) is 0.418. The molecule has 0 unspecified atom stereocenters. The van der Waals surface area contributed by atoms with E-state index in [-0.39, 0.29) is 5.56 Å². The Hall–Kier alpha value is -2.45. The molecule has 0 bridgehead atoms. The molecule has 8 heteroatoms. The third-order valence-corrected chi connectivity index (χ3v) is 5.80. The Bertz CT molecular complexity index is 1220. The molecule has 3 aromatic heterocycles. The highest BCUT2D eigenvalue weighted by Crippen LogP contribution is 2.26. The maximum absolute atomic E-state index is 12.4. The van der Waals surface area contributed by atoms with Crippen molar-refractivity contribution in [3.8, 4) is 11.4 Å². The van der Waals surface area contributed by atoms with Gasteiger partial charge in [0, 0.05) is 34.6 Å². The summed E-state index contributed by atoms with van der Waals surface area (Å²) in [6, 6.07) is 13.5. The van der Waals surface area contributed by atoms with E-state index in [0.717, 1.165) is 33.3 Å². The van der Waals surface area contributed by atoms with Crippen molar-refractivity contribution in [2.75, 3.05) is 0 Å². The van der Waals surface area contributed by atoms with Crippen LogP contribution in [0.4, 0.5) is 0 Å². The molecule has 1 aromatic carbocycles. The van der Waals surface area contributed by atoms with Crippen LogP contribution in [0.3, 0.4) is 0 Å². The zero-order valence-corrected chi connectivity index (χ0v) is 17.9. The SMILES string of the molecule is CCn1c(SCc2cc(=O)n3cc(Br)ccc3n2)nnc1-c1cccc(C)c1. The highest BCUT2D eigenvalue weighted by Gasteiger charge is 2.14. The van der Waals surface area contributed by atoms with Crippen LogP contribution in [0, 0.1) is 6.92 Å². The number of thioether (sulfide) groups is 1. The number of hydrogen-bond acceptors (Lipinski definition) is 5. The highest BCUT2D eigenvalue weighted by atomic mass is 79.9. The van der Waals surface area contributed by atoms with Gasteiger partial charge in [-0.15, -0.1) is 10.2 Å². The summed E-state index contributed by atoms with van der Waals surface area (Å²) in [6.07, 6.45) is 1.73. The van der Waals surface area contributed by atoms with Crippen LogP contribution in [0.25, 0.3) is 17.0 Å². The predicted molar refractivity (Wildman–Crippen MR) is 115 cm³/mol. The molecule has 0 N–H and O–H groups in total. The first-order chi connectivity index (χ1) is 13.5. The molecule has 0 spiro atoms. The lowest BCUT2D eigenvalue weighted by molar-refractivity contribution is 0.687. The number of aryl methyl sites for hydroxylation is 1. The molecule has 28 heavy (non-hydrogen) atoms. The molecule has 6 nitrogen and oxygen atoms in total. The molecule has 0 atom stereocenters. The largest absolute Gasteiger partial charge is 0.302 e. The zero-order chi connectivity index (χ0) is 19.7. The third kappa shape index (κ3) is 3.74. The normalized spacial score (nSPS) is 11.2. The van der Waals surface area contributed by atoms with Gasteiger partial charge in [-0.05, 0) is 48.0 Å². The number of nitrogens with zero attached hydrogens (tertiary/aromatic N) is 5. The second kappa shape index (κ2) is 7.89.